The molecule has 2 atom stereocenters. The van der Waals surface area contributed by atoms with Crippen LogP contribution in [0.15, 0.2) is 65.6 Å². The van der Waals surface area contributed by atoms with Gasteiger partial charge in [-0.1, -0.05) is 23.2 Å². The van der Waals surface area contributed by atoms with Crippen LogP contribution in [-0.2, 0) is 11.1 Å². The van der Waals surface area contributed by atoms with E-state index in [0.29, 0.717) is 16.8 Å². The average Bonchev–Trinajstić information content (AvgIpc) is 2.76. The van der Waals surface area contributed by atoms with Gasteiger partial charge in [-0.3, -0.25) is 13.6 Å². The van der Waals surface area contributed by atoms with Crippen LogP contribution in [0, 0.1) is 0 Å². The van der Waals surface area contributed by atoms with Gasteiger partial charge in [-0.05, 0) is 41.5 Å². The van der Waals surface area contributed by atoms with Gasteiger partial charge in [0.25, 0.3) is 5.56 Å². The summed E-state index contributed by atoms with van der Waals surface area (Å²) >= 11 is -2.41. The minimum absolute atomic E-state index is 0.243. The normalized spacial score (nSPS) is 13.2. The number of aliphatic hydroxyl groups excluding tert-OH is 1. The first-order chi connectivity index (χ1) is 16.1. The third-order valence-corrected chi connectivity index (χ3v) is 5.18. The predicted octanol–water partition coefficient (Wildman–Crippen LogP) is 3.03. The lowest BCUT2D eigenvalue weighted by atomic mass is 10.1. The lowest BCUT2D eigenvalue weighted by molar-refractivity contribution is -0.274. The van der Waals surface area contributed by atoms with E-state index in [4.69, 9.17) is 9.47 Å². The molecule has 34 heavy (non-hydrogen) atoms. The SMILES string of the molecule is COc1cc(-n2ccc(-c3ccc(OC(F)(F)F)cc3)cc2=O)ccc1OCC(O)CS(=O)[O-]. The molecule has 0 saturated heterocycles. The van der Waals surface area contributed by atoms with Gasteiger partial charge in [0.2, 0.25) is 0 Å². The molecule has 0 saturated carbocycles. The molecule has 0 aliphatic rings. The van der Waals surface area contributed by atoms with Crippen LogP contribution in [0.1, 0.15) is 0 Å². The molecule has 182 valence electrons. The molecule has 0 fully saturated rings. The summed E-state index contributed by atoms with van der Waals surface area (Å²) in [4.78, 5) is 12.7. The van der Waals surface area contributed by atoms with Crippen LogP contribution in [0.2, 0.25) is 0 Å². The predicted molar refractivity (Wildman–Crippen MR) is 116 cm³/mol. The molecule has 0 amide bonds. The Morgan fingerprint density at radius 1 is 1.06 bits per heavy atom. The molecule has 1 N–H and O–H groups in total. The van der Waals surface area contributed by atoms with Gasteiger partial charge >= 0.3 is 6.36 Å². The number of rotatable bonds is 9. The summed E-state index contributed by atoms with van der Waals surface area (Å²) in [5, 5.41) is 9.64. The molecule has 0 bridgehead atoms. The zero-order valence-corrected chi connectivity index (χ0v) is 18.5. The van der Waals surface area contributed by atoms with Crippen molar-refractivity contribution >= 4 is 11.1 Å². The first-order valence-electron chi connectivity index (χ1n) is 9.70. The van der Waals surface area contributed by atoms with Crippen molar-refractivity contribution in [2.24, 2.45) is 0 Å². The molecule has 2 aromatic carbocycles. The Labute approximate surface area is 194 Å². The summed E-state index contributed by atoms with van der Waals surface area (Å²) in [6, 6.07) is 12.7. The van der Waals surface area contributed by atoms with Gasteiger partial charge in [0, 0.05) is 24.1 Å². The molecule has 0 spiro atoms. The molecule has 2 unspecified atom stereocenters. The smallest absolute Gasteiger partial charge is 0.573 e. The average molecular weight is 498 g/mol. The summed E-state index contributed by atoms with van der Waals surface area (Å²) in [6.07, 6.45) is -4.51. The first-order valence-corrected chi connectivity index (χ1v) is 10.9. The lowest BCUT2D eigenvalue weighted by Gasteiger charge is -2.16. The maximum Gasteiger partial charge on any atom is 0.573 e. The molecular weight excluding hydrogens is 479 g/mol. The molecule has 1 aromatic heterocycles. The van der Waals surface area contributed by atoms with E-state index < -0.39 is 34.9 Å². The number of ether oxygens (including phenoxy) is 3. The highest BCUT2D eigenvalue weighted by molar-refractivity contribution is 7.79. The minimum Gasteiger partial charge on any atom is -0.772 e. The van der Waals surface area contributed by atoms with Gasteiger partial charge in [0.1, 0.15) is 12.4 Å². The summed E-state index contributed by atoms with van der Waals surface area (Å²) in [6.45, 7) is -0.273. The number of alkyl halides is 3. The van der Waals surface area contributed by atoms with Gasteiger partial charge in [-0.15, -0.1) is 13.2 Å². The van der Waals surface area contributed by atoms with Crippen LogP contribution in [0.3, 0.4) is 0 Å². The fourth-order valence-corrected chi connectivity index (χ4v) is 3.45. The Morgan fingerprint density at radius 3 is 2.35 bits per heavy atom. The van der Waals surface area contributed by atoms with Gasteiger partial charge in [0.15, 0.2) is 11.5 Å². The molecule has 3 aromatic rings. The molecule has 8 nitrogen and oxygen atoms in total. The highest BCUT2D eigenvalue weighted by Gasteiger charge is 2.31. The Bertz CT molecular complexity index is 1210. The molecule has 0 radical (unpaired) electrons. The van der Waals surface area contributed by atoms with Gasteiger partial charge in [-0.2, -0.15) is 0 Å². The number of pyridine rings is 1. The Hall–Kier alpha value is -3.35. The summed E-state index contributed by atoms with van der Waals surface area (Å²) in [5.74, 6) is -0.343. The second-order valence-electron chi connectivity index (χ2n) is 6.97. The zero-order valence-electron chi connectivity index (χ0n) is 17.7. The van der Waals surface area contributed by atoms with E-state index >= 15 is 0 Å². The standard InChI is InChI=1S/C22H20F3NO7S/c1-31-20-11-16(4-7-19(20)32-12-17(27)13-34(29)30)26-9-8-15(10-21(26)28)14-2-5-18(6-3-14)33-22(23,24)25/h2-11,17,27H,12-13H2,1H3,(H,29,30)/p-1. The number of halogens is 3. The van der Waals surface area contributed by atoms with E-state index in [2.05, 4.69) is 4.74 Å². The number of aliphatic hydroxyl groups is 1. The van der Waals surface area contributed by atoms with Crippen molar-refractivity contribution in [2.45, 2.75) is 12.5 Å². The number of hydrogen-bond donors (Lipinski definition) is 1. The van der Waals surface area contributed by atoms with Crippen molar-refractivity contribution in [2.75, 3.05) is 19.5 Å². The molecule has 3 rings (SSSR count). The molecule has 0 aliphatic heterocycles. The Balaban J connectivity index is 1.79. The second kappa shape index (κ2) is 10.7. The van der Waals surface area contributed by atoms with E-state index in [0.717, 1.165) is 12.1 Å². The summed E-state index contributed by atoms with van der Waals surface area (Å²) in [7, 11) is 1.38. The number of nitrogens with zero attached hydrogens (tertiary/aromatic N) is 1. The number of aromatic nitrogens is 1. The van der Waals surface area contributed by atoms with Crippen molar-refractivity contribution in [3.05, 3.63) is 71.1 Å². The van der Waals surface area contributed by atoms with E-state index in [1.165, 1.54) is 48.2 Å². The highest BCUT2D eigenvalue weighted by Crippen LogP contribution is 2.30. The van der Waals surface area contributed by atoms with E-state index in [9.17, 15) is 31.8 Å². The van der Waals surface area contributed by atoms with Crippen molar-refractivity contribution in [3.8, 4) is 34.1 Å². The van der Waals surface area contributed by atoms with Crippen LogP contribution < -0.4 is 19.8 Å². The van der Waals surface area contributed by atoms with Crippen molar-refractivity contribution < 1.29 is 41.3 Å². The van der Waals surface area contributed by atoms with Crippen LogP contribution in [-0.4, -0.2) is 50.4 Å². The number of methoxy groups -OCH3 is 1. The molecule has 0 aliphatic carbocycles. The fraction of sp³-hybridized carbons (Fsp3) is 0.227. The van der Waals surface area contributed by atoms with Crippen molar-refractivity contribution in [1.29, 1.82) is 0 Å². The monoisotopic (exact) mass is 498 g/mol. The van der Waals surface area contributed by atoms with Crippen LogP contribution in [0.4, 0.5) is 13.2 Å². The van der Waals surface area contributed by atoms with E-state index in [1.807, 2.05) is 0 Å². The Kier molecular flexibility index (Phi) is 7.97. The largest absolute Gasteiger partial charge is 0.772 e. The van der Waals surface area contributed by atoms with Gasteiger partial charge in [-0.25, -0.2) is 0 Å². The maximum atomic E-state index is 12.7. The number of hydrogen-bond acceptors (Lipinski definition) is 7. The molecule has 12 heteroatoms. The summed E-state index contributed by atoms with van der Waals surface area (Å²) < 4.78 is 74.0. The van der Waals surface area contributed by atoms with Gasteiger partial charge in [0.05, 0.1) is 18.9 Å². The second-order valence-corrected chi connectivity index (χ2v) is 7.91. The van der Waals surface area contributed by atoms with Crippen molar-refractivity contribution in [3.63, 3.8) is 0 Å². The van der Waals surface area contributed by atoms with Crippen molar-refractivity contribution in [1.82, 2.24) is 4.57 Å². The molecule has 1 heterocycles. The summed E-state index contributed by atoms with van der Waals surface area (Å²) in [5.41, 5.74) is 1.06. The lowest BCUT2D eigenvalue weighted by Crippen LogP contribution is -2.24. The topological polar surface area (TPSA) is 110 Å². The van der Waals surface area contributed by atoms with E-state index in [1.54, 1.807) is 12.1 Å². The van der Waals surface area contributed by atoms with Crippen LogP contribution in [0.5, 0.6) is 17.2 Å². The van der Waals surface area contributed by atoms with Gasteiger partial charge < -0.3 is 23.9 Å². The number of benzene rings is 2. The Morgan fingerprint density at radius 2 is 1.76 bits per heavy atom. The van der Waals surface area contributed by atoms with Crippen LogP contribution in [0.25, 0.3) is 16.8 Å². The third kappa shape index (κ3) is 6.83. The zero-order chi connectivity index (χ0) is 24.9. The third-order valence-electron chi connectivity index (χ3n) is 4.53. The maximum absolute atomic E-state index is 12.7. The van der Waals surface area contributed by atoms with Crippen LogP contribution >= 0.6 is 0 Å². The van der Waals surface area contributed by atoms with E-state index in [-0.39, 0.29) is 23.9 Å². The quantitative estimate of drug-likeness (QED) is 0.452. The minimum atomic E-state index is -4.79. The highest BCUT2D eigenvalue weighted by atomic mass is 32.2. The fourth-order valence-electron chi connectivity index (χ4n) is 3.04. The first kappa shape index (κ1) is 25.3. The molecular formula is C22H19F3NO7S-.